The minimum atomic E-state index is -0.750. The van der Waals surface area contributed by atoms with E-state index in [0.717, 1.165) is 0 Å². The fourth-order valence-corrected chi connectivity index (χ4v) is 2.59. The molecule has 2 aromatic rings. The van der Waals surface area contributed by atoms with Gasteiger partial charge in [-0.15, -0.1) is 0 Å². The number of aromatic amines is 1. The number of carbonyl (C=O) groups is 3. The quantitative estimate of drug-likeness (QED) is 0.307. The van der Waals surface area contributed by atoms with Gasteiger partial charge in [-0.2, -0.15) is 0 Å². The first-order chi connectivity index (χ1) is 13.8. The molecule has 10 heteroatoms. The Hall–Kier alpha value is -3.69. The molecule has 1 N–H and O–H groups in total. The SMILES string of the molecule is CCOC(=O)c1[nH]c(COC(=O)c2ccc([N+](=O)[O-])cc2)c(C(=O)OCC)c1C. The maximum absolute atomic E-state index is 12.3. The molecule has 0 saturated heterocycles. The van der Waals surface area contributed by atoms with E-state index in [1.807, 2.05) is 0 Å². The van der Waals surface area contributed by atoms with Crippen LogP contribution in [0.1, 0.15) is 56.3 Å². The fourth-order valence-electron chi connectivity index (χ4n) is 2.59. The molecule has 2 rings (SSSR count). The minimum Gasteiger partial charge on any atom is -0.462 e. The predicted octanol–water partition coefficient (Wildman–Crippen LogP) is 2.94. The van der Waals surface area contributed by atoms with Crippen LogP contribution in [0, 0.1) is 17.0 Å². The van der Waals surface area contributed by atoms with E-state index in [-0.39, 0.29) is 48.0 Å². The van der Waals surface area contributed by atoms with Gasteiger partial charge in [-0.1, -0.05) is 0 Å². The third-order valence-corrected chi connectivity index (χ3v) is 3.95. The van der Waals surface area contributed by atoms with Gasteiger partial charge in [-0.3, -0.25) is 10.1 Å². The highest BCUT2D eigenvalue weighted by Crippen LogP contribution is 2.22. The highest BCUT2D eigenvalue weighted by atomic mass is 16.6. The minimum absolute atomic E-state index is 0.0660. The molecule has 0 atom stereocenters. The number of H-pyrrole nitrogens is 1. The van der Waals surface area contributed by atoms with E-state index < -0.39 is 22.8 Å². The molecule has 0 unspecified atom stereocenters. The second-order valence-electron chi connectivity index (χ2n) is 5.80. The van der Waals surface area contributed by atoms with Crippen LogP contribution in [0.25, 0.3) is 0 Å². The predicted molar refractivity (Wildman–Crippen MR) is 99.7 cm³/mol. The Morgan fingerprint density at radius 3 is 2.10 bits per heavy atom. The standard InChI is InChI=1S/C19H20N2O8/c1-4-27-18(23)15-11(3)16(19(24)28-5-2)20-14(15)10-29-17(22)12-6-8-13(9-7-12)21(25)26/h6-9,20H,4-5,10H2,1-3H3. The zero-order valence-electron chi connectivity index (χ0n) is 16.1. The number of ether oxygens (including phenoxy) is 3. The Labute approximate surface area is 165 Å². The highest BCUT2D eigenvalue weighted by molar-refractivity contribution is 5.98. The van der Waals surface area contributed by atoms with Crippen molar-refractivity contribution in [3.63, 3.8) is 0 Å². The van der Waals surface area contributed by atoms with Crippen molar-refractivity contribution in [2.24, 2.45) is 0 Å². The monoisotopic (exact) mass is 404 g/mol. The number of nitrogens with zero attached hydrogens (tertiary/aromatic N) is 1. The van der Waals surface area contributed by atoms with Crippen LogP contribution in [0.5, 0.6) is 0 Å². The van der Waals surface area contributed by atoms with Gasteiger partial charge in [-0.05, 0) is 38.5 Å². The number of nitro groups is 1. The van der Waals surface area contributed by atoms with Gasteiger partial charge in [0.1, 0.15) is 12.3 Å². The van der Waals surface area contributed by atoms with Crippen LogP contribution in [0.15, 0.2) is 24.3 Å². The summed E-state index contributed by atoms with van der Waals surface area (Å²) in [6.45, 7) is 4.77. The van der Waals surface area contributed by atoms with Crippen molar-refractivity contribution in [1.29, 1.82) is 0 Å². The number of nitrogens with one attached hydrogen (secondary N) is 1. The largest absolute Gasteiger partial charge is 0.462 e. The summed E-state index contributed by atoms with van der Waals surface area (Å²) in [6, 6.07) is 4.88. The van der Waals surface area contributed by atoms with E-state index in [1.54, 1.807) is 20.8 Å². The summed E-state index contributed by atoms with van der Waals surface area (Å²) in [7, 11) is 0. The first-order valence-corrected chi connectivity index (χ1v) is 8.77. The maximum Gasteiger partial charge on any atom is 0.355 e. The van der Waals surface area contributed by atoms with Crippen LogP contribution < -0.4 is 0 Å². The second kappa shape index (κ2) is 9.49. The molecular formula is C19H20N2O8. The molecule has 1 heterocycles. The molecule has 0 spiro atoms. The van der Waals surface area contributed by atoms with E-state index in [2.05, 4.69) is 4.98 Å². The van der Waals surface area contributed by atoms with Crippen molar-refractivity contribution in [1.82, 2.24) is 4.98 Å². The van der Waals surface area contributed by atoms with Crippen LogP contribution in [0.2, 0.25) is 0 Å². The third-order valence-electron chi connectivity index (χ3n) is 3.95. The summed E-state index contributed by atoms with van der Waals surface area (Å²) in [5.41, 5.74) is 0.595. The van der Waals surface area contributed by atoms with Crippen molar-refractivity contribution in [3.05, 3.63) is 62.5 Å². The van der Waals surface area contributed by atoms with Crippen molar-refractivity contribution in [2.45, 2.75) is 27.4 Å². The maximum atomic E-state index is 12.3. The second-order valence-corrected chi connectivity index (χ2v) is 5.80. The number of hydrogen-bond donors (Lipinski definition) is 1. The zero-order chi connectivity index (χ0) is 21.6. The van der Waals surface area contributed by atoms with Crippen molar-refractivity contribution < 1.29 is 33.5 Å². The normalized spacial score (nSPS) is 10.3. The van der Waals surface area contributed by atoms with Gasteiger partial charge >= 0.3 is 17.9 Å². The van der Waals surface area contributed by atoms with Crippen LogP contribution >= 0.6 is 0 Å². The lowest BCUT2D eigenvalue weighted by Gasteiger charge is -2.07. The van der Waals surface area contributed by atoms with Gasteiger partial charge in [0.05, 0.1) is 35.0 Å². The topological polar surface area (TPSA) is 138 Å². The molecular weight excluding hydrogens is 384 g/mol. The van der Waals surface area contributed by atoms with E-state index in [1.165, 1.54) is 24.3 Å². The summed E-state index contributed by atoms with van der Waals surface area (Å²) in [5.74, 6) is -2.07. The van der Waals surface area contributed by atoms with Crippen molar-refractivity contribution in [3.8, 4) is 0 Å². The molecule has 1 aromatic heterocycles. The van der Waals surface area contributed by atoms with Crippen LogP contribution in [0.3, 0.4) is 0 Å². The molecule has 10 nitrogen and oxygen atoms in total. The fraction of sp³-hybridized carbons (Fsp3) is 0.316. The molecule has 0 aliphatic carbocycles. The molecule has 154 valence electrons. The molecule has 29 heavy (non-hydrogen) atoms. The molecule has 0 aliphatic rings. The van der Waals surface area contributed by atoms with E-state index in [4.69, 9.17) is 14.2 Å². The molecule has 1 aromatic carbocycles. The van der Waals surface area contributed by atoms with Crippen LogP contribution in [-0.2, 0) is 20.8 Å². The lowest BCUT2D eigenvalue weighted by atomic mass is 10.1. The summed E-state index contributed by atoms with van der Waals surface area (Å²) in [6.07, 6.45) is 0. The summed E-state index contributed by atoms with van der Waals surface area (Å²) < 4.78 is 15.2. The van der Waals surface area contributed by atoms with Gasteiger partial charge in [-0.25, -0.2) is 14.4 Å². The Balaban J connectivity index is 2.24. The van der Waals surface area contributed by atoms with Crippen LogP contribution in [0.4, 0.5) is 5.69 Å². The Bertz CT molecular complexity index is 930. The summed E-state index contributed by atoms with van der Waals surface area (Å²) >= 11 is 0. The average molecular weight is 404 g/mol. The number of esters is 3. The van der Waals surface area contributed by atoms with E-state index >= 15 is 0 Å². The Morgan fingerprint density at radius 1 is 0.966 bits per heavy atom. The lowest BCUT2D eigenvalue weighted by molar-refractivity contribution is -0.384. The van der Waals surface area contributed by atoms with E-state index in [0.29, 0.717) is 5.56 Å². The third kappa shape index (κ3) is 4.98. The van der Waals surface area contributed by atoms with E-state index in [9.17, 15) is 24.5 Å². The number of rotatable bonds is 8. The van der Waals surface area contributed by atoms with Crippen LogP contribution in [-0.4, -0.2) is 41.0 Å². The first kappa shape index (κ1) is 21.6. The molecule has 0 saturated carbocycles. The number of benzene rings is 1. The zero-order valence-corrected chi connectivity index (χ0v) is 16.1. The van der Waals surface area contributed by atoms with Gasteiger partial charge in [0.2, 0.25) is 0 Å². The molecule has 0 aliphatic heterocycles. The van der Waals surface area contributed by atoms with Gasteiger partial charge < -0.3 is 19.2 Å². The molecule has 0 bridgehead atoms. The average Bonchev–Trinajstić information content (AvgIpc) is 3.03. The first-order valence-electron chi connectivity index (χ1n) is 8.77. The Kier molecular flexibility index (Phi) is 7.07. The molecule has 0 amide bonds. The molecule has 0 fully saturated rings. The lowest BCUT2D eigenvalue weighted by Crippen LogP contribution is -2.11. The highest BCUT2D eigenvalue weighted by Gasteiger charge is 2.26. The summed E-state index contributed by atoms with van der Waals surface area (Å²) in [4.78, 5) is 49.5. The summed E-state index contributed by atoms with van der Waals surface area (Å²) in [5, 5.41) is 10.7. The van der Waals surface area contributed by atoms with Crippen molar-refractivity contribution >= 4 is 23.6 Å². The van der Waals surface area contributed by atoms with Gasteiger partial charge in [0, 0.05) is 12.1 Å². The molecule has 0 radical (unpaired) electrons. The number of aromatic nitrogens is 1. The number of carbonyl (C=O) groups excluding carboxylic acids is 3. The number of nitro benzene ring substituents is 1. The Morgan fingerprint density at radius 2 is 1.55 bits per heavy atom. The van der Waals surface area contributed by atoms with Gasteiger partial charge in [0.15, 0.2) is 0 Å². The number of hydrogen-bond acceptors (Lipinski definition) is 8. The van der Waals surface area contributed by atoms with Gasteiger partial charge in [0.25, 0.3) is 5.69 Å². The van der Waals surface area contributed by atoms with Crippen molar-refractivity contribution in [2.75, 3.05) is 13.2 Å². The smallest absolute Gasteiger partial charge is 0.355 e. The number of non-ortho nitro benzene ring substituents is 1.